The number of halogens is 1. The van der Waals surface area contributed by atoms with Crippen molar-refractivity contribution in [3.8, 4) is 5.69 Å². The minimum Gasteiger partial charge on any atom is -0.271 e. The van der Waals surface area contributed by atoms with Crippen LogP contribution in [0.15, 0.2) is 86.2 Å². The van der Waals surface area contributed by atoms with Crippen LogP contribution in [0.5, 0.6) is 0 Å². The summed E-state index contributed by atoms with van der Waals surface area (Å²) < 4.78 is 1.09. The molecular weight excluding hydrogens is 370 g/mol. The Hall–Kier alpha value is -2.83. The Morgan fingerprint density at radius 2 is 1.77 bits per heavy atom. The summed E-state index contributed by atoms with van der Waals surface area (Å²) in [6.07, 6.45) is 1.05. The van der Waals surface area contributed by atoms with Crippen molar-refractivity contribution in [3.63, 3.8) is 0 Å². The molecule has 1 aromatic heterocycles. The molecule has 0 bridgehead atoms. The van der Waals surface area contributed by atoms with Crippen LogP contribution in [0.4, 0.5) is 0 Å². The molecule has 0 aliphatic carbocycles. The molecule has 7 heteroatoms. The molecule has 0 aliphatic heterocycles. The van der Waals surface area contributed by atoms with E-state index in [1.54, 1.807) is 23.9 Å². The van der Waals surface area contributed by atoms with Gasteiger partial charge in [-0.2, -0.15) is 9.78 Å². The van der Waals surface area contributed by atoms with Gasteiger partial charge in [-0.3, -0.25) is 9.78 Å². The Balaban J connectivity index is 1.67. The average Bonchev–Trinajstić information content (AvgIpc) is 2.63. The van der Waals surface area contributed by atoms with Crippen molar-refractivity contribution in [2.75, 3.05) is 0 Å². The number of nitrogens with zero attached hydrogens (tertiary/aromatic N) is 2. The molecule has 0 amide bonds. The van der Waals surface area contributed by atoms with Crippen LogP contribution in [0, 0.1) is 0 Å². The van der Waals surface area contributed by atoms with Crippen LogP contribution in [0.25, 0.3) is 16.5 Å². The summed E-state index contributed by atoms with van der Waals surface area (Å²) in [4.78, 5) is 27.1. The van der Waals surface area contributed by atoms with Crippen molar-refractivity contribution in [3.05, 3.63) is 92.7 Å². The first-order chi connectivity index (χ1) is 12.6. The fraction of sp³-hybridized carbons (Fsp3) is 0. The van der Waals surface area contributed by atoms with Crippen LogP contribution >= 0.6 is 23.4 Å². The molecule has 26 heavy (non-hydrogen) atoms. The second-order valence-corrected chi connectivity index (χ2v) is 7.10. The highest BCUT2D eigenvalue weighted by Gasteiger charge is 2.08. The number of nitrogens with one attached hydrogen (secondary N) is 1. The zero-order chi connectivity index (χ0) is 18.1. The van der Waals surface area contributed by atoms with E-state index in [1.165, 1.54) is 5.39 Å². The first-order valence-electron chi connectivity index (χ1n) is 7.75. The molecule has 4 aromatic rings. The van der Waals surface area contributed by atoms with Gasteiger partial charge in [0.05, 0.1) is 10.7 Å². The van der Waals surface area contributed by atoms with Crippen LogP contribution in [-0.4, -0.2) is 14.8 Å². The lowest BCUT2D eigenvalue weighted by molar-refractivity contribution is 0.749. The number of hydrogen-bond donors (Lipinski definition) is 1. The number of aromatic amines is 1. The number of hydrogen-bond acceptors (Lipinski definition) is 4. The third kappa shape index (κ3) is 3.29. The van der Waals surface area contributed by atoms with Crippen molar-refractivity contribution >= 4 is 34.1 Å². The summed E-state index contributed by atoms with van der Waals surface area (Å²) in [5, 5.41) is 6.68. The number of aromatic nitrogens is 3. The number of H-pyrrole nitrogens is 1. The Morgan fingerprint density at radius 3 is 2.54 bits per heavy atom. The molecule has 0 fully saturated rings. The Labute approximate surface area is 157 Å². The van der Waals surface area contributed by atoms with E-state index in [-0.39, 0.29) is 0 Å². The largest absolute Gasteiger partial charge is 0.349 e. The molecule has 0 radical (unpaired) electrons. The predicted molar refractivity (Wildman–Crippen MR) is 104 cm³/mol. The molecule has 0 atom stereocenters. The fourth-order valence-corrected chi connectivity index (χ4v) is 3.76. The zero-order valence-electron chi connectivity index (χ0n) is 13.3. The first-order valence-corrected chi connectivity index (χ1v) is 8.95. The van der Waals surface area contributed by atoms with E-state index in [9.17, 15) is 9.59 Å². The smallest absolute Gasteiger partial charge is 0.271 e. The van der Waals surface area contributed by atoms with Gasteiger partial charge in [-0.25, -0.2) is 4.79 Å². The molecule has 128 valence electrons. The first kappa shape index (κ1) is 16.6. The maximum atomic E-state index is 11.8. The molecule has 4 rings (SSSR count). The number of rotatable bonds is 3. The second kappa shape index (κ2) is 6.82. The SMILES string of the molecule is O=c1cnn(-c2ccc(Sc3ccc4ccccc4c3)c(Cl)c2)c(=O)[nH]1. The highest BCUT2D eigenvalue weighted by molar-refractivity contribution is 7.99. The maximum Gasteiger partial charge on any atom is 0.349 e. The molecule has 0 spiro atoms. The topological polar surface area (TPSA) is 67.8 Å². The van der Waals surface area contributed by atoms with Crippen molar-refractivity contribution in [1.29, 1.82) is 0 Å². The highest BCUT2D eigenvalue weighted by Crippen LogP contribution is 2.35. The van der Waals surface area contributed by atoms with Crippen LogP contribution < -0.4 is 11.2 Å². The third-order valence-electron chi connectivity index (χ3n) is 3.82. The molecule has 0 saturated heterocycles. The summed E-state index contributed by atoms with van der Waals surface area (Å²) >= 11 is 7.94. The lowest BCUT2D eigenvalue weighted by Crippen LogP contribution is -2.30. The summed E-state index contributed by atoms with van der Waals surface area (Å²) in [5.41, 5.74) is -0.663. The second-order valence-electron chi connectivity index (χ2n) is 5.58. The molecule has 1 N–H and O–H groups in total. The quantitative estimate of drug-likeness (QED) is 0.584. The third-order valence-corrected chi connectivity index (χ3v) is 5.31. The van der Waals surface area contributed by atoms with E-state index < -0.39 is 11.2 Å². The molecule has 5 nitrogen and oxygen atoms in total. The molecule has 0 unspecified atom stereocenters. The van der Waals surface area contributed by atoms with Gasteiger partial charge >= 0.3 is 5.69 Å². The van der Waals surface area contributed by atoms with Gasteiger partial charge in [0.25, 0.3) is 5.56 Å². The van der Waals surface area contributed by atoms with Crippen LogP contribution in [0.2, 0.25) is 5.02 Å². The molecule has 3 aromatic carbocycles. The summed E-state index contributed by atoms with van der Waals surface area (Å²) in [6.45, 7) is 0. The maximum absolute atomic E-state index is 11.8. The molecule has 0 saturated carbocycles. The highest BCUT2D eigenvalue weighted by atomic mass is 35.5. The number of fused-ring (bicyclic) bond motifs is 1. The van der Waals surface area contributed by atoms with Gasteiger partial charge < -0.3 is 0 Å². The standard InChI is InChI=1S/C19H12ClN3O2S/c20-16-10-14(23-19(25)22-18(24)11-21-23)6-8-17(16)26-15-7-5-12-3-1-2-4-13(12)9-15/h1-11H,(H,22,24,25). The minimum atomic E-state index is -0.608. The van der Waals surface area contributed by atoms with Gasteiger partial charge in [-0.05, 0) is 41.1 Å². The van der Waals surface area contributed by atoms with Crippen molar-refractivity contribution in [1.82, 2.24) is 14.8 Å². The lowest BCUT2D eigenvalue weighted by atomic mass is 10.1. The summed E-state index contributed by atoms with van der Waals surface area (Å²) in [6, 6.07) is 19.6. The zero-order valence-corrected chi connectivity index (χ0v) is 14.9. The Morgan fingerprint density at radius 1 is 0.962 bits per heavy atom. The van der Waals surface area contributed by atoms with Crippen molar-refractivity contribution in [2.45, 2.75) is 9.79 Å². The summed E-state index contributed by atoms with van der Waals surface area (Å²) in [7, 11) is 0. The van der Waals surface area contributed by atoms with Gasteiger partial charge in [-0.1, -0.05) is 53.7 Å². The molecule has 1 heterocycles. The summed E-state index contributed by atoms with van der Waals surface area (Å²) in [5.74, 6) is 0. The van der Waals surface area contributed by atoms with E-state index in [0.29, 0.717) is 10.7 Å². The van der Waals surface area contributed by atoms with Gasteiger partial charge in [0, 0.05) is 9.79 Å². The average molecular weight is 382 g/mol. The van der Waals surface area contributed by atoms with E-state index in [0.717, 1.165) is 26.1 Å². The van der Waals surface area contributed by atoms with Gasteiger partial charge in [0.15, 0.2) is 0 Å². The Bertz CT molecular complexity index is 1230. The fourth-order valence-electron chi connectivity index (χ4n) is 2.60. The predicted octanol–water partition coefficient (Wildman–Crippen LogP) is 3.88. The molecular formula is C19H12ClN3O2S. The van der Waals surface area contributed by atoms with Crippen molar-refractivity contribution < 1.29 is 0 Å². The van der Waals surface area contributed by atoms with Crippen LogP contribution in [-0.2, 0) is 0 Å². The normalized spacial score (nSPS) is 11.0. The minimum absolute atomic E-state index is 0.485. The van der Waals surface area contributed by atoms with Crippen molar-refractivity contribution in [2.24, 2.45) is 0 Å². The van der Waals surface area contributed by atoms with E-state index in [2.05, 4.69) is 34.3 Å². The van der Waals surface area contributed by atoms with Gasteiger partial charge in [0.1, 0.15) is 6.20 Å². The Kier molecular flexibility index (Phi) is 4.36. The van der Waals surface area contributed by atoms with Gasteiger partial charge in [0.2, 0.25) is 0 Å². The monoisotopic (exact) mass is 381 g/mol. The number of benzene rings is 3. The lowest BCUT2D eigenvalue weighted by Gasteiger charge is -2.08. The van der Waals surface area contributed by atoms with Crippen LogP contribution in [0.3, 0.4) is 0 Å². The van der Waals surface area contributed by atoms with E-state index in [4.69, 9.17) is 11.6 Å². The van der Waals surface area contributed by atoms with Crippen LogP contribution in [0.1, 0.15) is 0 Å². The van der Waals surface area contributed by atoms with Gasteiger partial charge in [-0.15, -0.1) is 0 Å². The van der Waals surface area contributed by atoms with E-state index in [1.807, 2.05) is 24.3 Å². The van der Waals surface area contributed by atoms with E-state index >= 15 is 0 Å². The molecule has 0 aliphatic rings.